The number of nitrogens with one attached hydrogen (secondary N) is 1. The first-order valence-corrected chi connectivity index (χ1v) is 6.53. The average Bonchev–Trinajstić information content (AvgIpc) is 2.26. The fraction of sp³-hybridized carbons (Fsp3) is 0.417. The number of nitrogens with two attached hydrogens (primary N) is 1. The molecule has 0 saturated carbocycles. The summed E-state index contributed by atoms with van der Waals surface area (Å²) in [6, 6.07) is 7.28. The molecule has 1 amide bonds. The Morgan fingerprint density at radius 1 is 1.50 bits per heavy atom. The third-order valence-electron chi connectivity index (χ3n) is 2.15. The lowest BCUT2D eigenvalue weighted by Gasteiger charge is -2.13. The monoisotopic (exact) mass is 238 g/mol. The lowest BCUT2D eigenvalue weighted by molar-refractivity contribution is 0.0944. The number of hydrogen-bond donors (Lipinski definition) is 2. The van der Waals surface area contributed by atoms with E-state index in [0.717, 1.165) is 11.5 Å². The number of carbonyl (C=O) groups excluding carboxylic acids is 1. The van der Waals surface area contributed by atoms with Crippen LogP contribution >= 0.6 is 11.8 Å². The van der Waals surface area contributed by atoms with Gasteiger partial charge in [-0.1, -0.05) is 19.1 Å². The molecule has 1 unspecified atom stereocenters. The van der Waals surface area contributed by atoms with Gasteiger partial charge >= 0.3 is 0 Å². The predicted octanol–water partition coefficient (Wildman–Crippen LogP) is 2.14. The summed E-state index contributed by atoms with van der Waals surface area (Å²) in [7, 11) is 0. The minimum atomic E-state index is -0.0951. The van der Waals surface area contributed by atoms with E-state index in [1.165, 1.54) is 0 Å². The van der Waals surface area contributed by atoms with Crippen molar-refractivity contribution in [3.05, 3.63) is 29.8 Å². The van der Waals surface area contributed by atoms with Gasteiger partial charge in [0.2, 0.25) is 0 Å². The van der Waals surface area contributed by atoms with Crippen molar-refractivity contribution >= 4 is 23.4 Å². The Hall–Kier alpha value is -1.16. The molecule has 0 spiro atoms. The maximum atomic E-state index is 11.8. The van der Waals surface area contributed by atoms with Gasteiger partial charge in [-0.05, 0) is 24.8 Å². The maximum Gasteiger partial charge on any atom is 0.253 e. The number of thioether (sulfide) groups is 1. The zero-order chi connectivity index (χ0) is 12.0. The first-order valence-electron chi connectivity index (χ1n) is 5.38. The van der Waals surface area contributed by atoms with Crippen molar-refractivity contribution in [1.82, 2.24) is 5.32 Å². The second-order valence-corrected chi connectivity index (χ2v) is 4.94. The molecule has 0 saturated heterocycles. The molecule has 1 rings (SSSR count). The third-order valence-corrected chi connectivity index (χ3v) is 3.30. The van der Waals surface area contributed by atoms with E-state index < -0.39 is 0 Å². The molecule has 1 aromatic carbocycles. The number of benzene rings is 1. The van der Waals surface area contributed by atoms with E-state index in [1.54, 1.807) is 12.1 Å². The number of para-hydroxylation sites is 1. The zero-order valence-corrected chi connectivity index (χ0v) is 10.5. The minimum Gasteiger partial charge on any atom is -0.398 e. The molecule has 1 atom stereocenters. The molecule has 0 aliphatic heterocycles. The number of amides is 1. The van der Waals surface area contributed by atoms with Crippen LogP contribution in [0.1, 0.15) is 24.2 Å². The van der Waals surface area contributed by atoms with Crippen LogP contribution in [0.15, 0.2) is 24.3 Å². The number of carbonyl (C=O) groups is 1. The summed E-state index contributed by atoms with van der Waals surface area (Å²) in [5.74, 6) is 1.89. The minimum absolute atomic E-state index is 0.0951. The normalized spacial score (nSPS) is 12.1. The molecule has 3 nitrogen and oxygen atoms in total. The summed E-state index contributed by atoms with van der Waals surface area (Å²) in [6.07, 6.45) is 0. The van der Waals surface area contributed by atoms with E-state index in [9.17, 15) is 4.79 Å². The molecular weight excluding hydrogens is 220 g/mol. The molecule has 0 fully saturated rings. The fourth-order valence-electron chi connectivity index (χ4n) is 1.34. The van der Waals surface area contributed by atoms with Crippen molar-refractivity contribution < 1.29 is 4.79 Å². The highest BCUT2D eigenvalue weighted by molar-refractivity contribution is 7.99. The highest BCUT2D eigenvalue weighted by Crippen LogP contribution is 2.10. The summed E-state index contributed by atoms with van der Waals surface area (Å²) in [4.78, 5) is 11.8. The van der Waals surface area contributed by atoms with Crippen LogP contribution in [-0.4, -0.2) is 23.5 Å². The zero-order valence-electron chi connectivity index (χ0n) is 9.69. The van der Waals surface area contributed by atoms with Crippen molar-refractivity contribution in [1.29, 1.82) is 0 Å². The Morgan fingerprint density at radius 3 is 2.81 bits per heavy atom. The molecule has 0 aliphatic rings. The van der Waals surface area contributed by atoms with Crippen LogP contribution in [0, 0.1) is 0 Å². The van der Waals surface area contributed by atoms with E-state index in [4.69, 9.17) is 5.73 Å². The smallest absolute Gasteiger partial charge is 0.253 e. The number of hydrogen-bond acceptors (Lipinski definition) is 3. The number of anilines is 1. The maximum absolute atomic E-state index is 11.8. The van der Waals surface area contributed by atoms with E-state index >= 15 is 0 Å². The molecule has 0 bridgehead atoms. The van der Waals surface area contributed by atoms with Gasteiger partial charge in [-0.25, -0.2) is 0 Å². The highest BCUT2D eigenvalue weighted by atomic mass is 32.2. The lowest BCUT2D eigenvalue weighted by atomic mass is 10.1. The SMILES string of the molecule is CCSCC(C)NC(=O)c1ccccc1N. The van der Waals surface area contributed by atoms with Crippen LogP contribution < -0.4 is 11.1 Å². The summed E-state index contributed by atoms with van der Waals surface area (Å²) >= 11 is 1.81. The largest absolute Gasteiger partial charge is 0.398 e. The summed E-state index contributed by atoms with van der Waals surface area (Å²) in [6.45, 7) is 4.11. The molecule has 0 radical (unpaired) electrons. The number of rotatable bonds is 5. The third kappa shape index (κ3) is 3.77. The van der Waals surface area contributed by atoms with Crippen molar-refractivity contribution in [3.63, 3.8) is 0 Å². The molecule has 1 aromatic rings. The molecular formula is C12H18N2OS. The van der Waals surface area contributed by atoms with Gasteiger partial charge in [-0.15, -0.1) is 0 Å². The van der Waals surface area contributed by atoms with Crippen LogP contribution in [0.25, 0.3) is 0 Å². The second-order valence-electron chi connectivity index (χ2n) is 3.62. The Labute approximate surface area is 101 Å². The summed E-state index contributed by atoms with van der Waals surface area (Å²) in [5, 5.41) is 2.93. The van der Waals surface area contributed by atoms with Gasteiger partial charge in [0.15, 0.2) is 0 Å². The second kappa shape index (κ2) is 6.43. The van der Waals surface area contributed by atoms with Crippen LogP contribution in [0.3, 0.4) is 0 Å². The van der Waals surface area contributed by atoms with Gasteiger partial charge in [0.25, 0.3) is 5.91 Å². The molecule has 0 aromatic heterocycles. The standard InChI is InChI=1S/C12H18N2OS/c1-3-16-8-9(2)14-12(15)10-6-4-5-7-11(10)13/h4-7,9H,3,8,13H2,1-2H3,(H,14,15). The highest BCUT2D eigenvalue weighted by Gasteiger charge is 2.11. The molecule has 3 N–H and O–H groups in total. The van der Waals surface area contributed by atoms with Crippen molar-refractivity contribution in [3.8, 4) is 0 Å². The Morgan fingerprint density at radius 2 is 2.19 bits per heavy atom. The van der Waals surface area contributed by atoms with Crippen LogP contribution in [0.5, 0.6) is 0 Å². The Kier molecular flexibility index (Phi) is 5.19. The summed E-state index contributed by atoms with van der Waals surface area (Å²) < 4.78 is 0. The molecule has 0 aliphatic carbocycles. The number of nitrogen functional groups attached to an aromatic ring is 1. The van der Waals surface area contributed by atoms with Gasteiger partial charge in [0, 0.05) is 17.5 Å². The van der Waals surface area contributed by atoms with Gasteiger partial charge in [0.1, 0.15) is 0 Å². The van der Waals surface area contributed by atoms with Crippen LogP contribution in [-0.2, 0) is 0 Å². The van der Waals surface area contributed by atoms with Gasteiger partial charge < -0.3 is 11.1 Å². The quantitative estimate of drug-likeness (QED) is 0.773. The topological polar surface area (TPSA) is 55.1 Å². The first-order chi connectivity index (χ1) is 7.65. The predicted molar refractivity (Wildman–Crippen MR) is 70.8 cm³/mol. The van der Waals surface area contributed by atoms with Crippen molar-refractivity contribution in [2.24, 2.45) is 0 Å². The fourth-order valence-corrected chi connectivity index (χ4v) is 2.01. The Balaban J connectivity index is 2.56. The van der Waals surface area contributed by atoms with Gasteiger partial charge in [0.05, 0.1) is 5.56 Å². The summed E-state index contributed by atoms with van der Waals surface area (Å²) in [5.41, 5.74) is 6.81. The lowest BCUT2D eigenvalue weighted by Crippen LogP contribution is -2.34. The van der Waals surface area contributed by atoms with Gasteiger partial charge in [-0.2, -0.15) is 11.8 Å². The molecule has 0 heterocycles. The Bertz CT molecular complexity index is 355. The van der Waals surface area contributed by atoms with E-state index in [1.807, 2.05) is 30.8 Å². The van der Waals surface area contributed by atoms with E-state index in [2.05, 4.69) is 12.2 Å². The van der Waals surface area contributed by atoms with Crippen molar-refractivity contribution in [2.45, 2.75) is 19.9 Å². The van der Waals surface area contributed by atoms with Crippen LogP contribution in [0.2, 0.25) is 0 Å². The van der Waals surface area contributed by atoms with Crippen LogP contribution in [0.4, 0.5) is 5.69 Å². The van der Waals surface area contributed by atoms with E-state index in [-0.39, 0.29) is 11.9 Å². The molecule has 88 valence electrons. The van der Waals surface area contributed by atoms with Gasteiger partial charge in [-0.3, -0.25) is 4.79 Å². The molecule has 4 heteroatoms. The van der Waals surface area contributed by atoms with Crippen molar-refractivity contribution in [2.75, 3.05) is 17.2 Å². The molecule has 16 heavy (non-hydrogen) atoms. The first kappa shape index (κ1) is 12.9. The average molecular weight is 238 g/mol. The van der Waals surface area contributed by atoms with E-state index in [0.29, 0.717) is 11.3 Å².